The van der Waals surface area contributed by atoms with Crippen molar-refractivity contribution in [2.45, 2.75) is 38.8 Å². The van der Waals surface area contributed by atoms with Crippen LogP contribution in [0.1, 0.15) is 26.7 Å². The molecule has 0 unspecified atom stereocenters. The first-order valence-corrected chi connectivity index (χ1v) is 6.48. The van der Waals surface area contributed by atoms with Crippen molar-refractivity contribution in [3.05, 3.63) is 0 Å². The summed E-state index contributed by atoms with van der Waals surface area (Å²) in [6.45, 7) is 5.38. The highest BCUT2D eigenvalue weighted by molar-refractivity contribution is 7.87. The van der Waals surface area contributed by atoms with Crippen LogP contribution >= 0.6 is 0 Å². The number of nitrogens with one attached hydrogen (secondary N) is 3. The van der Waals surface area contributed by atoms with Gasteiger partial charge in [-0.3, -0.25) is 0 Å². The molecule has 14 heavy (non-hydrogen) atoms. The molecular weight excluding hydrogens is 202 g/mol. The summed E-state index contributed by atoms with van der Waals surface area (Å²) >= 11 is 0. The molecule has 0 bridgehead atoms. The SMILES string of the molecule is CC(C)NS(=O)(=O)NC1CCNCC1. The quantitative estimate of drug-likeness (QED) is 0.603. The minimum Gasteiger partial charge on any atom is -0.317 e. The van der Waals surface area contributed by atoms with Gasteiger partial charge in [-0.15, -0.1) is 0 Å². The third-order valence-electron chi connectivity index (χ3n) is 2.05. The first-order valence-electron chi connectivity index (χ1n) is 5.00. The van der Waals surface area contributed by atoms with Gasteiger partial charge in [0.05, 0.1) is 0 Å². The van der Waals surface area contributed by atoms with Crippen LogP contribution in [-0.2, 0) is 10.2 Å². The van der Waals surface area contributed by atoms with E-state index in [1.807, 2.05) is 13.8 Å². The fourth-order valence-corrected chi connectivity index (χ4v) is 2.87. The maximum absolute atomic E-state index is 11.5. The molecule has 0 aromatic heterocycles. The molecule has 0 spiro atoms. The van der Waals surface area contributed by atoms with Gasteiger partial charge in [0, 0.05) is 12.1 Å². The van der Waals surface area contributed by atoms with Gasteiger partial charge in [0.2, 0.25) is 0 Å². The molecule has 3 N–H and O–H groups in total. The third kappa shape index (κ3) is 4.36. The molecule has 1 aliphatic heterocycles. The van der Waals surface area contributed by atoms with Crippen LogP contribution in [0.5, 0.6) is 0 Å². The predicted octanol–water partition coefficient (Wildman–Crippen LogP) is -0.429. The number of piperidine rings is 1. The molecule has 0 aromatic rings. The van der Waals surface area contributed by atoms with E-state index in [-0.39, 0.29) is 12.1 Å². The first-order chi connectivity index (χ1) is 6.49. The van der Waals surface area contributed by atoms with E-state index in [2.05, 4.69) is 14.8 Å². The summed E-state index contributed by atoms with van der Waals surface area (Å²) in [7, 11) is -3.31. The molecule has 0 saturated carbocycles. The Bertz CT molecular complexity index is 258. The fourth-order valence-electron chi connectivity index (χ4n) is 1.50. The van der Waals surface area contributed by atoms with E-state index in [1.54, 1.807) is 0 Å². The van der Waals surface area contributed by atoms with Crippen molar-refractivity contribution in [3.8, 4) is 0 Å². The Balaban J connectivity index is 2.41. The van der Waals surface area contributed by atoms with E-state index < -0.39 is 10.2 Å². The van der Waals surface area contributed by atoms with Crippen LogP contribution in [0.2, 0.25) is 0 Å². The minimum absolute atomic E-state index is 0.0609. The van der Waals surface area contributed by atoms with Gasteiger partial charge in [-0.2, -0.15) is 17.9 Å². The van der Waals surface area contributed by atoms with E-state index in [9.17, 15) is 8.42 Å². The van der Waals surface area contributed by atoms with E-state index >= 15 is 0 Å². The van der Waals surface area contributed by atoms with E-state index in [1.165, 1.54) is 0 Å². The molecule has 0 atom stereocenters. The second-order valence-electron chi connectivity index (χ2n) is 3.92. The predicted molar refractivity (Wildman–Crippen MR) is 56.2 cm³/mol. The van der Waals surface area contributed by atoms with Crippen molar-refractivity contribution in [1.29, 1.82) is 0 Å². The van der Waals surface area contributed by atoms with Gasteiger partial charge < -0.3 is 5.32 Å². The van der Waals surface area contributed by atoms with Crippen LogP contribution < -0.4 is 14.8 Å². The van der Waals surface area contributed by atoms with Crippen LogP contribution in [0.3, 0.4) is 0 Å². The zero-order valence-corrected chi connectivity index (χ0v) is 9.52. The van der Waals surface area contributed by atoms with Crippen molar-refractivity contribution in [1.82, 2.24) is 14.8 Å². The van der Waals surface area contributed by atoms with E-state index in [0.717, 1.165) is 25.9 Å². The molecule has 5 nitrogen and oxygen atoms in total. The normalized spacial score (nSPS) is 20.2. The van der Waals surface area contributed by atoms with Gasteiger partial charge >= 0.3 is 0 Å². The van der Waals surface area contributed by atoms with Crippen molar-refractivity contribution in [2.75, 3.05) is 13.1 Å². The van der Waals surface area contributed by atoms with Gasteiger partial charge in [-0.25, -0.2) is 0 Å². The highest BCUT2D eigenvalue weighted by atomic mass is 32.2. The lowest BCUT2D eigenvalue weighted by molar-refractivity contribution is 0.423. The van der Waals surface area contributed by atoms with Crippen LogP contribution in [0.25, 0.3) is 0 Å². The molecule has 1 rings (SSSR count). The maximum Gasteiger partial charge on any atom is 0.277 e. The molecule has 6 heteroatoms. The Morgan fingerprint density at radius 1 is 1.29 bits per heavy atom. The lowest BCUT2D eigenvalue weighted by Crippen LogP contribution is -2.48. The van der Waals surface area contributed by atoms with E-state index in [0.29, 0.717) is 0 Å². The van der Waals surface area contributed by atoms with E-state index in [4.69, 9.17) is 0 Å². The summed E-state index contributed by atoms with van der Waals surface area (Å²) < 4.78 is 28.1. The third-order valence-corrected chi connectivity index (χ3v) is 3.48. The summed E-state index contributed by atoms with van der Waals surface area (Å²) in [5.41, 5.74) is 0. The van der Waals surface area contributed by atoms with Gasteiger partial charge in [0.25, 0.3) is 10.2 Å². The Hall–Kier alpha value is -0.170. The zero-order chi connectivity index (χ0) is 10.6. The standard InChI is InChI=1S/C8H19N3O2S/c1-7(2)10-14(12,13)11-8-3-5-9-6-4-8/h7-11H,3-6H2,1-2H3. The zero-order valence-electron chi connectivity index (χ0n) is 8.71. The summed E-state index contributed by atoms with van der Waals surface area (Å²) in [5.74, 6) is 0. The molecule has 0 aliphatic carbocycles. The fraction of sp³-hybridized carbons (Fsp3) is 1.00. The lowest BCUT2D eigenvalue weighted by atomic mass is 10.1. The van der Waals surface area contributed by atoms with Crippen molar-refractivity contribution < 1.29 is 8.42 Å². The maximum atomic E-state index is 11.5. The average molecular weight is 221 g/mol. The Labute approximate surface area is 85.8 Å². The molecule has 0 amide bonds. The summed E-state index contributed by atoms with van der Waals surface area (Å²) in [6, 6.07) is 0.0155. The molecule has 1 heterocycles. The summed E-state index contributed by atoms with van der Waals surface area (Å²) in [4.78, 5) is 0. The Morgan fingerprint density at radius 2 is 1.86 bits per heavy atom. The molecule has 0 radical (unpaired) electrons. The first kappa shape index (κ1) is 11.9. The molecule has 1 fully saturated rings. The van der Waals surface area contributed by atoms with Crippen LogP contribution in [0.4, 0.5) is 0 Å². The Morgan fingerprint density at radius 3 is 2.36 bits per heavy atom. The minimum atomic E-state index is -3.31. The molecule has 0 aromatic carbocycles. The average Bonchev–Trinajstić information content (AvgIpc) is 2.02. The number of rotatable bonds is 4. The Kier molecular flexibility index (Phi) is 4.31. The lowest BCUT2D eigenvalue weighted by Gasteiger charge is -2.24. The summed E-state index contributed by atoms with van der Waals surface area (Å²) in [6.07, 6.45) is 1.72. The molecule has 1 saturated heterocycles. The molecular formula is C8H19N3O2S. The second-order valence-corrected chi connectivity index (χ2v) is 5.40. The highest BCUT2D eigenvalue weighted by Gasteiger charge is 2.19. The van der Waals surface area contributed by atoms with Crippen LogP contribution in [-0.4, -0.2) is 33.6 Å². The number of hydrogen-bond acceptors (Lipinski definition) is 3. The van der Waals surface area contributed by atoms with Crippen molar-refractivity contribution in [3.63, 3.8) is 0 Å². The van der Waals surface area contributed by atoms with Gasteiger partial charge in [0.15, 0.2) is 0 Å². The van der Waals surface area contributed by atoms with Crippen molar-refractivity contribution in [2.24, 2.45) is 0 Å². The van der Waals surface area contributed by atoms with Crippen molar-refractivity contribution >= 4 is 10.2 Å². The van der Waals surface area contributed by atoms with Gasteiger partial charge in [-0.05, 0) is 39.8 Å². The topological polar surface area (TPSA) is 70.2 Å². The largest absolute Gasteiger partial charge is 0.317 e. The molecule has 1 aliphatic rings. The summed E-state index contributed by atoms with van der Waals surface area (Å²) in [5, 5.41) is 3.19. The molecule has 84 valence electrons. The second kappa shape index (κ2) is 5.06. The number of hydrogen-bond donors (Lipinski definition) is 3. The van der Waals surface area contributed by atoms with Gasteiger partial charge in [0.1, 0.15) is 0 Å². The highest BCUT2D eigenvalue weighted by Crippen LogP contribution is 2.03. The smallest absolute Gasteiger partial charge is 0.277 e. The van der Waals surface area contributed by atoms with Crippen LogP contribution in [0, 0.1) is 0 Å². The monoisotopic (exact) mass is 221 g/mol. The van der Waals surface area contributed by atoms with Crippen LogP contribution in [0.15, 0.2) is 0 Å². The van der Waals surface area contributed by atoms with Gasteiger partial charge in [-0.1, -0.05) is 0 Å².